The van der Waals surface area contributed by atoms with Gasteiger partial charge in [0.05, 0.1) is 11.6 Å². The number of aromatic nitrogens is 1. The van der Waals surface area contributed by atoms with Crippen LogP contribution in [0, 0.1) is 5.82 Å². The topological polar surface area (TPSA) is 138 Å². The lowest BCUT2D eigenvalue weighted by molar-refractivity contribution is -0.139. The van der Waals surface area contributed by atoms with Gasteiger partial charge >= 0.3 is 7.60 Å². The number of carbonyl (C=O) groups is 3. The zero-order chi connectivity index (χ0) is 28.5. The molecule has 1 aliphatic rings. The van der Waals surface area contributed by atoms with E-state index < -0.39 is 43.8 Å². The van der Waals surface area contributed by atoms with Gasteiger partial charge in [-0.15, -0.1) is 0 Å². The number of hydrogen-bond acceptors (Lipinski definition) is 5. The summed E-state index contributed by atoms with van der Waals surface area (Å²) in [5.74, 6) is -2.10. The molecule has 208 valence electrons. The number of carbonyl (C=O) groups excluding carboxylic acids is 3. The van der Waals surface area contributed by atoms with Crippen LogP contribution in [-0.4, -0.2) is 62.0 Å². The van der Waals surface area contributed by atoms with Crippen molar-refractivity contribution < 1.29 is 42.3 Å². The maximum atomic E-state index is 14.4. The van der Waals surface area contributed by atoms with Crippen molar-refractivity contribution in [1.29, 1.82) is 0 Å². The predicted molar refractivity (Wildman–Crippen MR) is 138 cm³/mol. The van der Waals surface area contributed by atoms with Crippen molar-refractivity contribution in [1.82, 2.24) is 14.8 Å². The highest BCUT2D eigenvalue weighted by Crippen LogP contribution is 2.35. The Morgan fingerprint density at radius 3 is 2.67 bits per heavy atom. The van der Waals surface area contributed by atoms with Crippen LogP contribution in [0.3, 0.4) is 0 Å². The number of Topliss-reactive ketones (excluding diaryl/α,β-unsaturated/α-hetero) is 1. The van der Waals surface area contributed by atoms with Crippen LogP contribution < -0.4 is 10.1 Å². The average molecular weight is 584 g/mol. The van der Waals surface area contributed by atoms with E-state index in [0.717, 1.165) is 4.90 Å². The number of hydrogen-bond donors (Lipinski definition) is 3. The van der Waals surface area contributed by atoms with Crippen LogP contribution in [0.15, 0.2) is 42.6 Å². The summed E-state index contributed by atoms with van der Waals surface area (Å²) in [4.78, 5) is 57.5. The zero-order valence-corrected chi connectivity index (χ0v) is 22.3. The van der Waals surface area contributed by atoms with E-state index >= 15 is 0 Å². The van der Waals surface area contributed by atoms with Crippen LogP contribution in [0.1, 0.15) is 29.3 Å². The van der Waals surface area contributed by atoms with Crippen LogP contribution in [0.2, 0.25) is 5.02 Å². The number of nitrogens with zero attached hydrogens (tertiary/aromatic N) is 2. The molecule has 1 aromatic heterocycles. The monoisotopic (exact) mass is 583 g/mol. The number of alkyl halides is 1. The van der Waals surface area contributed by atoms with Crippen molar-refractivity contribution in [3.63, 3.8) is 0 Å². The standard InChI is InChI=1S/C25H25ClF2N3O7P/c1-14(32)19-11-30(21-6-5-17(8-18(19)21)38-13-39(35,36)37)12-23(33)31-10-16(27)7-22(31)25(34)29-9-15-3-2-4-20(26)24(15)28/h2-6,8,11,16,22H,7,9-10,12-13H2,1H3,(H,29,34)(H2,35,36,37)/t16-,22+/m1/s1. The van der Waals surface area contributed by atoms with Crippen LogP contribution in [-0.2, 0) is 27.2 Å². The molecule has 1 fully saturated rings. The second-order valence-corrected chi connectivity index (χ2v) is 11.2. The third-order valence-corrected chi connectivity index (χ3v) is 7.05. The molecule has 0 unspecified atom stereocenters. The third-order valence-electron chi connectivity index (χ3n) is 6.29. The minimum atomic E-state index is -4.43. The normalized spacial score (nSPS) is 17.4. The SMILES string of the molecule is CC(=O)c1cn(CC(=O)N2C[C@H](F)C[C@H]2C(=O)NCc2cccc(Cl)c2F)c2ccc(OCP(=O)(O)O)cc12. The van der Waals surface area contributed by atoms with E-state index in [9.17, 15) is 27.7 Å². The maximum absolute atomic E-state index is 14.4. The summed E-state index contributed by atoms with van der Waals surface area (Å²) < 4.78 is 46.3. The summed E-state index contributed by atoms with van der Waals surface area (Å²) in [5, 5.41) is 2.82. The van der Waals surface area contributed by atoms with E-state index in [4.69, 9.17) is 26.1 Å². The highest BCUT2D eigenvalue weighted by molar-refractivity contribution is 7.51. The first kappa shape index (κ1) is 28.7. The lowest BCUT2D eigenvalue weighted by Crippen LogP contribution is -2.46. The van der Waals surface area contributed by atoms with Gasteiger partial charge in [0.1, 0.15) is 30.3 Å². The maximum Gasteiger partial charge on any atom is 0.362 e. The fourth-order valence-electron chi connectivity index (χ4n) is 4.47. The molecule has 10 nitrogen and oxygen atoms in total. The molecular weight excluding hydrogens is 559 g/mol. The predicted octanol–water partition coefficient (Wildman–Crippen LogP) is 3.41. The van der Waals surface area contributed by atoms with Crippen molar-refractivity contribution in [3.8, 4) is 5.75 Å². The first-order valence-electron chi connectivity index (χ1n) is 11.8. The number of amides is 2. The molecular formula is C25H25ClF2N3O7P. The highest BCUT2D eigenvalue weighted by Gasteiger charge is 2.39. The quantitative estimate of drug-likeness (QED) is 0.259. The molecule has 1 saturated heterocycles. The molecule has 3 aromatic rings. The first-order valence-corrected chi connectivity index (χ1v) is 14.0. The minimum Gasteiger partial charge on any atom is -0.481 e. The molecule has 4 rings (SSSR count). The lowest BCUT2D eigenvalue weighted by atomic mass is 10.1. The van der Waals surface area contributed by atoms with Gasteiger partial charge < -0.3 is 29.3 Å². The molecule has 39 heavy (non-hydrogen) atoms. The number of likely N-dealkylation sites (tertiary alicyclic amines) is 1. The van der Waals surface area contributed by atoms with Crippen molar-refractivity contribution >= 4 is 47.7 Å². The Hall–Kier alpha value is -3.31. The number of benzene rings is 2. The Morgan fingerprint density at radius 2 is 1.97 bits per heavy atom. The number of nitrogens with one attached hydrogen (secondary N) is 1. The van der Waals surface area contributed by atoms with Crippen molar-refractivity contribution in [2.45, 2.75) is 38.6 Å². The molecule has 0 radical (unpaired) electrons. The largest absolute Gasteiger partial charge is 0.481 e. The number of fused-ring (bicyclic) bond motifs is 1. The molecule has 0 bridgehead atoms. The fraction of sp³-hybridized carbons (Fsp3) is 0.320. The van der Waals surface area contributed by atoms with Gasteiger partial charge in [-0.3, -0.25) is 18.9 Å². The molecule has 0 aliphatic carbocycles. The van der Waals surface area contributed by atoms with Crippen molar-refractivity contribution in [2.75, 3.05) is 12.9 Å². The van der Waals surface area contributed by atoms with Gasteiger partial charge in [-0.2, -0.15) is 0 Å². The first-order chi connectivity index (χ1) is 18.3. The second-order valence-electron chi connectivity index (χ2n) is 9.17. The Labute approximate surface area is 226 Å². The Balaban J connectivity index is 1.52. The van der Waals surface area contributed by atoms with E-state index in [1.807, 2.05) is 0 Å². The van der Waals surface area contributed by atoms with E-state index in [-0.39, 0.29) is 53.7 Å². The summed E-state index contributed by atoms with van der Waals surface area (Å²) in [6.07, 6.45) is -1.06. The molecule has 2 atom stereocenters. The molecule has 3 N–H and O–H groups in total. The van der Waals surface area contributed by atoms with Crippen LogP contribution >= 0.6 is 19.2 Å². The Bertz CT molecular complexity index is 1490. The Morgan fingerprint density at radius 1 is 1.23 bits per heavy atom. The average Bonchev–Trinajstić information content (AvgIpc) is 3.43. The highest BCUT2D eigenvalue weighted by atomic mass is 35.5. The number of halogens is 3. The van der Waals surface area contributed by atoms with E-state index in [0.29, 0.717) is 10.9 Å². The van der Waals surface area contributed by atoms with Crippen molar-refractivity contribution in [2.24, 2.45) is 0 Å². The molecule has 1 aliphatic heterocycles. The molecule has 2 aromatic carbocycles. The third kappa shape index (κ3) is 6.65. The molecule has 0 spiro atoms. The van der Waals surface area contributed by atoms with Gasteiger partial charge in [0, 0.05) is 41.2 Å². The number of ketones is 1. The Kier molecular flexibility index (Phi) is 8.41. The van der Waals surface area contributed by atoms with E-state index in [2.05, 4.69) is 5.32 Å². The number of ether oxygens (including phenoxy) is 1. The minimum absolute atomic E-state index is 0.104. The summed E-state index contributed by atoms with van der Waals surface area (Å²) in [6, 6.07) is 7.62. The van der Waals surface area contributed by atoms with Crippen molar-refractivity contribution in [3.05, 3.63) is 64.6 Å². The summed E-state index contributed by atoms with van der Waals surface area (Å²) in [6.45, 7) is 0.506. The van der Waals surface area contributed by atoms with Gasteiger partial charge in [-0.1, -0.05) is 23.7 Å². The van der Waals surface area contributed by atoms with Gasteiger partial charge in [0.2, 0.25) is 11.8 Å². The molecule has 2 amide bonds. The zero-order valence-electron chi connectivity index (χ0n) is 20.6. The van der Waals surface area contributed by atoms with Gasteiger partial charge in [0.15, 0.2) is 12.1 Å². The molecule has 14 heteroatoms. The van der Waals surface area contributed by atoms with Crippen LogP contribution in [0.4, 0.5) is 8.78 Å². The smallest absolute Gasteiger partial charge is 0.362 e. The lowest BCUT2D eigenvalue weighted by Gasteiger charge is -2.24. The number of rotatable bonds is 9. The summed E-state index contributed by atoms with van der Waals surface area (Å²) in [7, 11) is -4.43. The fourth-order valence-corrected chi connectivity index (χ4v) is 4.98. The summed E-state index contributed by atoms with van der Waals surface area (Å²) >= 11 is 5.77. The van der Waals surface area contributed by atoms with E-state index in [1.165, 1.54) is 54.1 Å². The summed E-state index contributed by atoms with van der Waals surface area (Å²) in [5.41, 5.74) is 0.829. The molecule has 2 heterocycles. The van der Waals surface area contributed by atoms with Gasteiger partial charge in [-0.05, 0) is 31.2 Å². The second kappa shape index (κ2) is 11.4. The van der Waals surface area contributed by atoms with E-state index in [1.54, 1.807) is 0 Å². The molecule has 0 saturated carbocycles. The van der Waals surface area contributed by atoms with Gasteiger partial charge in [-0.25, -0.2) is 8.78 Å². The van der Waals surface area contributed by atoms with Crippen LogP contribution in [0.5, 0.6) is 5.75 Å². The van der Waals surface area contributed by atoms with Gasteiger partial charge in [0.25, 0.3) is 0 Å². The van der Waals surface area contributed by atoms with Crippen LogP contribution in [0.25, 0.3) is 10.9 Å².